The standard InChI is InChI=1S/C20H22O4.C17H18O4.C13H10O2.C8H16O5S.CH4.ClH/c1-20(2)23-13-15(14-24-20)12-22-18-10-8-17(9-11-18)19(21)16-6-4-3-5-7-16;18-10-13(11-19)12-21-16-8-6-15(7-9-16)17(20)14-4-2-1-3-5-14;14-12-8-6-11(7-9-12)13(15)10-4-2-1-3-5-10;1-8(2)11-4-7(5-12-8)6-13-14(3,9)10;;/h3-11,15H,12-14H2,1-2H3;1-9,13,18-19H,10-12H2;1-9,14H;7H,4-6H2,1-3H3;1H4;1H. The van der Waals surface area contributed by atoms with Crippen LogP contribution in [0.3, 0.4) is 0 Å². The van der Waals surface area contributed by atoms with Gasteiger partial charge in [-0.25, -0.2) is 0 Å². The second-order valence-corrected chi connectivity index (χ2v) is 19.9. The number of phenolic OH excluding ortho intramolecular Hbond substituents is 1. The lowest BCUT2D eigenvalue weighted by molar-refractivity contribution is -0.264. The molecule has 0 radical (unpaired) electrons. The van der Waals surface area contributed by atoms with Crippen LogP contribution in [-0.4, -0.2) is 118 Å². The lowest BCUT2D eigenvalue weighted by Crippen LogP contribution is -2.41. The van der Waals surface area contributed by atoms with Gasteiger partial charge in [-0.3, -0.25) is 18.6 Å². The summed E-state index contributed by atoms with van der Waals surface area (Å²) in [5, 5.41) is 27.0. The average molecular weight is 1090 g/mol. The summed E-state index contributed by atoms with van der Waals surface area (Å²) in [6.07, 6.45) is 1.03. The van der Waals surface area contributed by atoms with E-state index >= 15 is 0 Å². The third kappa shape index (κ3) is 22.5. The maximum Gasteiger partial charge on any atom is 0.264 e. The Morgan fingerprint density at radius 3 is 1.14 bits per heavy atom. The topological polar surface area (TPSA) is 211 Å². The van der Waals surface area contributed by atoms with Crippen molar-refractivity contribution in [1.82, 2.24) is 0 Å². The minimum atomic E-state index is -3.36. The van der Waals surface area contributed by atoms with E-state index in [9.17, 15) is 22.8 Å². The fourth-order valence-electron chi connectivity index (χ4n) is 6.74. The third-order valence-corrected chi connectivity index (χ3v) is 11.7. The number of rotatable bonds is 17. The van der Waals surface area contributed by atoms with Crippen molar-refractivity contribution in [3.05, 3.63) is 197 Å². The van der Waals surface area contributed by atoms with Gasteiger partial charge >= 0.3 is 0 Å². The van der Waals surface area contributed by atoms with Crippen LogP contribution in [0, 0.1) is 17.8 Å². The van der Waals surface area contributed by atoms with Crippen molar-refractivity contribution in [2.45, 2.75) is 46.7 Å². The molecule has 6 aromatic rings. The van der Waals surface area contributed by atoms with Crippen molar-refractivity contribution in [1.29, 1.82) is 0 Å². The van der Waals surface area contributed by atoms with Crippen LogP contribution in [0.2, 0.25) is 0 Å². The summed E-state index contributed by atoms with van der Waals surface area (Å²) >= 11 is 0. The Morgan fingerprint density at radius 2 is 0.816 bits per heavy atom. The van der Waals surface area contributed by atoms with Gasteiger partial charge in [0.1, 0.15) is 17.2 Å². The number of aromatic hydroxyl groups is 1. The molecule has 0 aromatic heterocycles. The molecule has 0 bridgehead atoms. The van der Waals surface area contributed by atoms with Gasteiger partial charge in [-0.05, 0) is 100 Å². The Hall–Kier alpha value is -6.31. The number of aliphatic hydroxyl groups excluding tert-OH is 2. The SMILES string of the molecule is C.CC1(C)OCC(COS(C)(=O)=O)CO1.CC1(C)OCC(COc2ccc(C(=O)c3ccccc3)cc2)CO1.Cl.O=C(c1ccccc1)c1ccc(O)cc1.O=C(c1ccccc1)c1ccc(OCC(CO)CO)cc1. The summed E-state index contributed by atoms with van der Waals surface area (Å²) in [5.74, 6) is 0.282. The Balaban J connectivity index is 0.000000271. The van der Waals surface area contributed by atoms with Crippen molar-refractivity contribution < 1.29 is 70.7 Å². The van der Waals surface area contributed by atoms with Crippen LogP contribution in [0.4, 0.5) is 0 Å². The Labute approximate surface area is 453 Å². The highest BCUT2D eigenvalue weighted by Crippen LogP contribution is 2.24. The van der Waals surface area contributed by atoms with Gasteiger partial charge in [0, 0.05) is 51.1 Å². The molecule has 0 spiro atoms. The highest BCUT2D eigenvalue weighted by molar-refractivity contribution is 7.85. The largest absolute Gasteiger partial charge is 0.508 e. The van der Waals surface area contributed by atoms with Crippen LogP contribution >= 0.6 is 12.4 Å². The molecule has 0 amide bonds. The molecule has 0 unspecified atom stereocenters. The molecule has 2 aliphatic rings. The van der Waals surface area contributed by atoms with E-state index in [1.807, 2.05) is 107 Å². The summed E-state index contributed by atoms with van der Waals surface area (Å²) in [4.78, 5) is 36.4. The van der Waals surface area contributed by atoms with Crippen molar-refractivity contribution in [3.8, 4) is 17.2 Å². The second kappa shape index (κ2) is 31.7. The number of ketones is 3. The Morgan fingerprint density at radius 1 is 0.513 bits per heavy atom. The first-order chi connectivity index (χ1) is 35.3. The summed E-state index contributed by atoms with van der Waals surface area (Å²) in [7, 11) is -3.36. The van der Waals surface area contributed by atoms with Crippen molar-refractivity contribution in [3.63, 3.8) is 0 Å². The summed E-state index contributed by atoms with van der Waals surface area (Å²) < 4.78 is 59.2. The van der Waals surface area contributed by atoms with Gasteiger partial charge in [-0.2, -0.15) is 8.42 Å². The highest BCUT2D eigenvalue weighted by atomic mass is 35.5. The molecule has 76 heavy (non-hydrogen) atoms. The molecule has 410 valence electrons. The molecule has 0 atom stereocenters. The van der Waals surface area contributed by atoms with Gasteiger partial charge in [-0.15, -0.1) is 12.4 Å². The van der Waals surface area contributed by atoms with Crippen LogP contribution < -0.4 is 9.47 Å². The monoisotopic (exact) mass is 1090 g/mol. The molecule has 0 saturated carbocycles. The quantitative estimate of drug-likeness (QED) is 0.0573. The van der Waals surface area contributed by atoms with E-state index in [4.69, 9.17) is 43.7 Å². The second-order valence-electron chi connectivity index (χ2n) is 18.3. The minimum absolute atomic E-state index is 0. The summed E-state index contributed by atoms with van der Waals surface area (Å²) in [5.41, 5.74) is 3.81. The maximum atomic E-state index is 12.3. The van der Waals surface area contributed by atoms with Crippen molar-refractivity contribution >= 4 is 39.9 Å². The van der Waals surface area contributed by atoms with Crippen LogP contribution in [0.15, 0.2) is 164 Å². The van der Waals surface area contributed by atoms with Crippen LogP contribution in [0.25, 0.3) is 0 Å². The lowest BCUT2D eigenvalue weighted by atomic mass is 10.0. The van der Waals surface area contributed by atoms with E-state index < -0.39 is 21.7 Å². The number of phenols is 1. The Bertz CT molecular complexity index is 2720. The molecule has 2 saturated heterocycles. The molecule has 17 heteroatoms. The number of benzene rings is 6. The van der Waals surface area contributed by atoms with Gasteiger partial charge in [0.2, 0.25) is 0 Å². The van der Waals surface area contributed by atoms with Crippen LogP contribution in [-0.2, 0) is 33.2 Å². The molecule has 0 aliphatic carbocycles. The zero-order valence-electron chi connectivity index (χ0n) is 42.7. The first kappa shape index (κ1) is 64.0. The number of aliphatic hydroxyl groups is 2. The smallest absolute Gasteiger partial charge is 0.264 e. The molecular weight excluding hydrogens is 1020 g/mol. The van der Waals surface area contributed by atoms with Gasteiger partial charge in [0.25, 0.3) is 10.1 Å². The number of hydrogen-bond donors (Lipinski definition) is 3. The van der Waals surface area contributed by atoms with E-state index in [0.29, 0.717) is 72.2 Å². The molecule has 6 aromatic carbocycles. The van der Waals surface area contributed by atoms with E-state index in [-0.39, 0.29) is 87.1 Å². The van der Waals surface area contributed by atoms with Crippen LogP contribution in [0.1, 0.15) is 82.9 Å². The highest BCUT2D eigenvalue weighted by Gasteiger charge is 2.30. The van der Waals surface area contributed by atoms with Crippen molar-refractivity contribution in [2.75, 3.05) is 65.7 Å². The first-order valence-corrected chi connectivity index (χ1v) is 25.8. The fourth-order valence-corrected chi connectivity index (χ4v) is 7.18. The normalized spacial score (nSPS) is 14.7. The summed E-state index contributed by atoms with van der Waals surface area (Å²) in [6.45, 7) is 10.3. The van der Waals surface area contributed by atoms with Crippen molar-refractivity contribution in [2.24, 2.45) is 17.8 Å². The maximum absolute atomic E-state index is 12.3. The van der Waals surface area contributed by atoms with E-state index in [2.05, 4.69) is 4.18 Å². The van der Waals surface area contributed by atoms with Gasteiger partial charge in [0.15, 0.2) is 28.9 Å². The Kier molecular flexibility index (Phi) is 26.7. The van der Waals surface area contributed by atoms with E-state index in [1.165, 1.54) is 12.1 Å². The van der Waals surface area contributed by atoms with Gasteiger partial charge in [0.05, 0.1) is 65.7 Å². The minimum Gasteiger partial charge on any atom is -0.508 e. The predicted octanol–water partition coefficient (Wildman–Crippen LogP) is 9.64. The lowest BCUT2D eigenvalue weighted by Gasteiger charge is -2.34. The third-order valence-electron chi connectivity index (χ3n) is 11.1. The number of carbonyl (C=O) groups is 3. The summed E-state index contributed by atoms with van der Waals surface area (Å²) in [6, 6.07) is 47.7. The van der Waals surface area contributed by atoms with Crippen LogP contribution in [0.5, 0.6) is 17.2 Å². The zero-order chi connectivity index (χ0) is 53.6. The first-order valence-electron chi connectivity index (χ1n) is 24.0. The number of carbonyl (C=O) groups excluding carboxylic acids is 3. The number of halogens is 1. The molecule has 3 N–H and O–H groups in total. The molecule has 2 aliphatic heterocycles. The van der Waals surface area contributed by atoms with E-state index in [0.717, 1.165) is 12.0 Å². The van der Waals surface area contributed by atoms with Gasteiger partial charge in [-0.1, -0.05) is 98.4 Å². The predicted molar refractivity (Wildman–Crippen MR) is 293 cm³/mol. The molecule has 2 heterocycles. The van der Waals surface area contributed by atoms with E-state index in [1.54, 1.807) is 72.8 Å². The molecule has 2 fully saturated rings. The molecule has 15 nitrogen and oxygen atoms in total. The number of hydrogen-bond acceptors (Lipinski definition) is 15. The zero-order valence-corrected chi connectivity index (χ0v) is 44.4. The molecule has 8 rings (SSSR count). The average Bonchev–Trinajstić information content (AvgIpc) is 3.41. The number of ether oxygens (including phenoxy) is 6. The van der Waals surface area contributed by atoms with Gasteiger partial charge < -0.3 is 43.7 Å². The molecular formula is C59H71ClO15S. The fraction of sp³-hybridized carbons (Fsp3) is 0.339.